The van der Waals surface area contributed by atoms with Gasteiger partial charge in [0.1, 0.15) is 0 Å². The Morgan fingerprint density at radius 1 is 1.06 bits per heavy atom. The molecule has 0 saturated carbocycles. The standard InChI is InChI=1S/C16H19N2/c17-11-4-12-18-13-14-7-9-16(10-8-14)15-5-2-1-3-6-15/h1-2,5-10,18H,4,11-13,17H2. The van der Waals surface area contributed by atoms with Crippen LogP contribution in [0.3, 0.4) is 0 Å². The van der Waals surface area contributed by atoms with Gasteiger partial charge >= 0.3 is 0 Å². The summed E-state index contributed by atoms with van der Waals surface area (Å²) in [4.78, 5) is 0. The van der Waals surface area contributed by atoms with Crippen LogP contribution in [0.4, 0.5) is 0 Å². The van der Waals surface area contributed by atoms with Gasteiger partial charge in [0.05, 0.1) is 0 Å². The quantitative estimate of drug-likeness (QED) is 0.760. The predicted molar refractivity (Wildman–Crippen MR) is 76.1 cm³/mol. The van der Waals surface area contributed by atoms with Gasteiger partial charge in [0, 0.05) is 6.54 Å². The van der Waals surface area contributed by atoms with Crippen LogP contribution in [0.2, 0.25) is 0 Å². The van der Waals surface area contributed by atoms with Gasteiger partial charge in [0.15, 0.2) is 0 Å². The van der Waals surface area contributed by atoms with E-state index in [1.54, 1.807) is 0 Å². The van der Waals surface area contributed by atoms with Crippen LogP contribution in [0.25, 0.3) is 11.1 Å². The van der Waals surface area contributed by atoms with Crippen LogP contribution in [-0.2, 0) is 6.54 Å². The summed E-state index contributed by atoms with van der Waals surface area (Å²) in [6, 6.07) is 19.8. The van der Waals surface area contributed by atoms with Crippen LogP contribution in [-0.4, -0.2) is 13.1 Å². The molecule has 0 saturated heterocycles. The molecule has 0 fully saturated rings. The third-order valence-corrected chi connectivity index (χ3v) is 2.88. The van der Waals surface area contributed by atoms with E-state index in [0.29, 0.717) is 0 Å². The summed E-state index contributed by atoms with van der Waals surface area (Å²) in [6.45, 7) is 2.63. The Balaban J connectivity index is 1.94. The molecule has 93 valence electrons. The highest BCUT2D eigenvalue weighted by atomic mass is 14.8. The molecule has 2 aromatic carbocycles. The molecule has 0 aliphatic heterocycles. The molecule has 3 N–H and O–H groups in total. The molecule has 18 heavy (non-hydrogen) atoms. The SMILES string of the molecule is NCCCNCc1ccc(-c2c[c]ccc2)cc1. The number of hydrogen-bond donors (Lipinski definition) is 2. The second-order valence-electron chi connectivity index (χ2n) is 4.31. The van der Waals surface area contributed by atoms with E-state index < -0.39 is 0 Å². The van der Waals surface area contributed by atoms with E-state index >= 15 is 0 Å². The maximum absolute atomic E-state index is 5.45. The van der Waals surface area contributed by atoms with Gasteiger partial charge in [-0.25, -0.2) is 0 Å². The second kappa shape index (κ2) is 6.94. The number of hydrogen-bond acceptors (Lipinski definition) is 2. The molecule has 2 heteroatoms. The van der Waals surface area contributed by atoms with Crippen molar-refractivity contribution in [2.45, 2.75) is 13.0 Å². The van der Waals surface area contributed by atoms with Gasteiger partial charge in [-0.05, 0) is 48.3 Å². The van der Waals surface area contributed by atoms with Crippen LogP contribution < -0.4 is 11.1 Å². The van der Waals surface area contributed by atoms with Crippen LogP contribution in [0.15, 0.2) is 48.5 Å². The lowest BCUT2D eigenvalue weighted by molar-refractivity contribution is 0.655. The van der Waals surface area contributed by atoms with E-state index in [-0.39, 0.29) is 0 Å². The summed E-state index contributed by atoms with van der Waals surface area (Å²) in [7, 11) is 0. The summed E-state index contributed by atoms with van der Waals surface area (Å²) >= 11 is 0. The van der Waals surface area contributed by atoms with Crippen molar-refractivity contribution in [3.63, 3.8) is 0 Å². The Hall–Kier alpha value is -1.64. The minimum Gasteiger partial charge on any atom is -0.330 e. The molecule has 0 aliphatic rings. The third kappa shape index (κ3) is 3.69. The van der Waals surface area contributed by atoms with E-state index in [4.69, 9.17) is 5.73 Å². The van der Waals surface area contributed by atoms with Crippen molar-refractivity contribution < 1.29 is 0 Å². The summed E-state index contributed by atoms with van der Waals surface area (Å²) < 4.78 is 0. The Labute approximate surface area is 109 Å². The molecule has 0 heterocycles. The third-order valence-electron chi connectivity index (χ3n) is 2.88. The highest BCUT2D eigenvalue weighted by Gasteiger charge is 1.97. The fourth-order valence-corrected chi connectivity index (χ4v) is 1.85. The van der Waals surface area contributed by atoms with E-state index in [0.717, 1.165) is 26.1 Å². The fraction of sp³-hybridized carbons (Fsp3) is 0.250. The molecule has 0 aliphatic carbocycles. The van der Waals surface area contributed by atoms with Gasteiger partial charge in [-0.2, -0.15) is 0 Å². The smallest absolute Gasteiger partial charge is 0.0205 e. The Kier molecular flexibility index (Phi) is 4.94. The molecular weight excluding hydrogens is 220 g/mol. The summed E-state index contributed by atoms with van der Waals surface area (Å²) in [5.41, 5.74) is 9.19. The van der Waals surface area contributed by atoms with Crippen molar-refractivity contribution in [1.29, 1.82) is 0 Å². The Bertz CT molecular complexity index is 448. The highest BCUT2D eigenvalue weighted by Crippen LogP contribution is 2.18. The Morgan fingerprint density at radius 3 is 2.56 bits per heavy atom. The fourth-order valence-electron chi connectivity index (χ4n) is 1.85. The van der Waals surface area contributed by atoms with Crippen LogP contribution >= 0.6 is 0 Å². The number of benzene rings is 2. The van der Waals surface area contributed by atoms with Gasteiger partial charge in [-0.1, -0.05) is 42.5 Å². The van der Waals surface area contributed by atoms with Crippen molar-refractivity contribution in [2.75, 3.05) is 13.1 Å². The lowest BCUT2D eigenvalue weighted by Crippen LogP contribution is -2.17. The maximum Gasteiger partial charge on any atom is 0.0205 e. The molecule has 0 spiro atoms. The average Bonchev–Trinajstić information content (AvgIpc) is 2.45. The summed E-state index contributed by atoms with van der Waals surface area (Å²) in [5, 5.41) is 3.38. The van der Waals surface area contributed by atoms with Crippen molar-refractivity contribution >= 4 is 0 Å². The van der Waals surface area contributed by atoms with Gasteiger partial charge in [0.25, 0.3) is 0 Å². The number of rotatable bonds is 6. The van der Waals surface area contributed by atoms with Gasteiger partial charge in [-0.15, -0.1) is 0 Å². The van der Waals surface area contributed by atoms with Crippen LogP contribution in [0.1, 0.15) is 12.0 Å². The van der Waals surface area contributed by atoms with Gasteiger partial charge in [0.2, 0.25) is 0 Å². The second-order valence-corrected chi connectivity index (χ2v) is 4.31. The van der Waals surface area contributed by atoms with E-state index in [1.807, 2.05) is 18.2 Å². The molecular formula is C16H19N2. The molecule has 2 nitrogen and oxygen atoms in total. The van der Waals surface area contributed by atoms with Gasteiger partial charge in [-0.3, -0.25) is 0 Å². The van der Waals surface area contributed by atoms with E-state index in [9.17, 15) is 0 Å². The minimum absolute atomic E-state index is 0.746. The largest absolute Gasteiger partial charge is 0.330 e. The first-order valence-electron chi connectivity index (χ1n) is 6.36. The minimum atomic E-state index is 0.746. The number of nitrogens with one attached hydrogen (secondary N) is 1. The lowest BCUT2D eigenvalue weighted by atomic mass is 10.0. The first-order chi connectivity index (χ1) is 8.90. The zero-order chi connectivity index (χ0) is 12.6. The lowest BCUT2D eigenvalue weighted by Gasteiger charge is -2.06. The molecule has 1 radical (unpaired) electrons. The topological polar surface area (TPSA) is 38.0 Å². The molecule has 0 amide bonds. The van der Waals surface area contributed by atoms with Crippen LogP contribution in [0, 0.1) is 6.07 Å². The Morgan fingerprint density at radius 2 is 1.89 bits per heavy atom. The number of nitrogens with two attached hydrogens (primary N) is 1. The van der Waals surface area contributed by atoms with E-state index in [2.05, 4.69) is 41.7 Å². The average molecular weight is 239 g/mol. The first-order valence-corrected chi connectivity index (χ1v) is 6.36. The van der Waals surface area contributed by atoms with Crippen molar-refractivity contribution in [3.8, 4) is 11.1 Å². The van der Waals surface area contributed by atoms with Gasteiger partial charge < -0.3 is 11.1 Å². The van der Waals surface area contributed by atoms with Crippen molar-refractivity contribution in [2.24, 2.45) is 5.73 Å². The molecule has 0 atom stereocenters. The van der Waals surface area contributed by atoms with Crippen molar-refractivity contribution in [1.82, 2.24) is 5.32 Å². The molecule has 0 unspecified atom stereocenters. The molecule has 0 bridgehead atoms. The zero-order valence-corrected chi connectivity index (χ0v) is 10.5. The van der Waals surface area contributed by atoms with Crippen molar-refractivity contribution in [3.05, 3.63) is 60.2 Å². The molecule has 2 aromatic rings. The summed E-state index contributed by atoms with van der Waals surface area (Å²) in [5.74, 6) is 0. The predicted octanol–water partition coefficient (Wildman–Crippen LogP) is 2.59. The normalized spacial score (nSPS) is 10.5. The zero-order valence-electron chi connectivity index (χ0n) is 10.5. The van der Waals surface area contributed by atoms with E-state index in [1.165, 1.54) is 16.7 Å². The monoisotopic (exact) mass is 239 g/mol. The maximum atomic E-state index is 5.45. The summed E-state index contributed by atoms with van der Waals surface area (Å²) in [6.07, 6.45) is 1.03. The highest BCUT2D eigenvalue weighted by molar-refractivity contribution is 5.63. The molecule has 0 aromatic heterocycles. The molecule has 2 rings (SSSR count). The van der Waals surface area contributed by atoms with Crippen LogP contribution in [0.5, 0.6) is 0 Å². The first kappa shape index (κ1) is 12.8.